The molecule has 0 aromatic rings. The lowest BCUT2D eigenvalue weighted by atomic mass is 10.0. The van der Waals surface area contributed by atoms with E-state index in [4.69, 9.17) is 18.9 Å². The highest BCUT2D eigenvalue weighted by atomic mass is 16.6. The summed E-state index contributed by atoms with van der Waals surface area (Å²) in [6.07, 6.45) is 3.72. The minimum absolute atomic E-state index is 0.00595. The van der Waals surface area contributed by atoms with Gasteiger partial charge in [-0.15, -0.1) is 0 Å². The molecule has 0 fully saturated rings. The molecule has 0 N–H and O–H groups in total. The molecule has 7 heteroatoms. The van der Waals surface area contributed by atoms with Crippen LogP contribution in [0.25, 0.3) is 0 Å². The van der Waals surface area contributed by atoms with E-state index in [-0.39, 0.29) is 18.7 Å². The molecule has 0 aliphatic carbocycles. The summed E-state index contributed by atoms with van der Waals surface area (Å²) in [6, 6.07) is 0. The molecule has 0 spiro atoms. The summed E-state index contributed by atoms with van der Waals surface area (Å²) in [7, 11) is 0. The smallest absolute Gasteiger partial charge is 0.305 e. The van der Waals surface area contributed by atoms with Crippen LogP contribution >= 0.6 is 0 Å². The average molecular weight is 328 g/mol. The summed E-state index contributed by atoms with van der Waals surface area (Å²) in [5.41, 5.74) is 0. The van der Waals surface area contributed by atoms with Crippen LogP contribution < -0.4 is 0 Å². The minimum atomic E-state index is -0.590. The number of carbonyl (C=O) groups excluding carboxylic acids is 3. The van der Waals surface area contributed by atoms with Gasteiger partial charge in [0.1, 0.15) is 18.8 Å². The maximum atomic E-state index is 11.3. The average Bonchev–Trinajstić information content (AvgIpc) is 2.46. The molecule has 0 aromatic heterocycles. The van der Waals surface area contributed by atoms with Crippen molar-refractivity contribution >= 4 is 17.9 Å². The molecule has 0 bridgehead atoms. The van der Waals surface area contributed by atoms with E-state index in [0.29, 0.717) is 25.9 Å². The molecular weight excluding hydrogens is 304 g/mol. The fourth-order valence-corrected chi connectivity index (χ4v) is 2.19. The summed E-state index contributed by atoms with van der Waals surface area (Å²) >= 11 is 0. The quantitative estimate of drug-likeness (QED) is 0.379. The summed E-state index contributed by atoms with van der Waals surface area (Å²) in [6.45, 7) is 4.75. The Kier molecular flexibility index (Phi) is 8.32. The van der Waals surface area contributed by atoms with Crippen LogP contribution in [0.1, 0.15) is 40.0 Å². The van der Waals surface area contributed by atoms with Crippen LogP contribution in [0.15, 0.2) is 12.2 Å². The van der Waals surface area contributed by atoms with Crippen LogP contribution in [-0.2, 0) is 33.3 Å². The van der Waals surface area contributed by atoms with Crippen molar-refractivity contribution in [2.45, 2.75) is 58.3 Å². The molecule has 1 aliphatic heterocycles. The zero-order valence-corrected chi connectivity index (χ0v) is 13.8. The first-order valence-corrected chi connectivity index (χ1v) is 7.72. The molecule has 23 heavy (non-hydrogen) atoms. The lowest BCUT2D eigenvalue weighted by Gasteiger charge is -2.31. The molecular formula is C16H24O7. The van der Waals surface area contributed by atoms with Crippen molar-refractivity contribution in [1.82, 2.24) is 0 Å². The van der Waals surface area contributed by atoms with Gasteiger partial charge in [0.15, 0.2) is 0 Å². The van der Waals surface area contributed by atoms with E-state index in [2.05, 4.69) is 0 Å². The van der Waals surface area contributed by atoms with Gasteiger partial charge in [-0.2, -0.15) is 0 Å². The van der Waals surface area contributed by atoms with Crippen LogP contribution in [0.5, 0.6) is 0 Å². The van der Waals surface area contributed by atoms with Crippen molar-refractivity contribution in [3.8, 4) is 0 Å². The van der Waals surface area contributed by atoms with Gasteiger partial charge in [0.2, 0.25) is 0 Å². The number of rotatable bonds is 8. The number of carbonyl (C=O) groups is 3. The molecule has 0 saturated heterocycles. The fourth-order valence-electron chi connectivity index (χ4n) is 2.19. The molecule has 0 amide bonds. The van der Waals surface area contributed by atoms with E-state index >= 15 is 0 Å². The van der Waals surface area contributed by atoms with E-state index in [1.807, 2.05) is 0 Å². The molecule has 0 unspecified atom stereocenters. The van der Waals surface area contributed by atoms with Gasteiger partial charge in [-0.05, 0) is 25.8 Å². The van der Waals surface area contributed by atoms with E-state index in [1.54, 1.807) is 19.1 Å². The number of ether oxygens (including phenoxy) is 4. The van der Waals surface area contributed by atoms with E-state index in [0.717, 1.165) is 0 Å². The molecule has 0 saturated carbocycles. The molecule has 1 aliphatic rings. The maximum Gasteiger partial charge on any atom is 0.305 e. The predicted molar refractivity (Wildman–Crippen MR) is 80.5 cm³/mol. The second kappa shape index (κ2) is 9.99. The largest absolute Gasteiger partial charge is 0.466 e. The van der Waals surface area contributed by atoms with Gasteiger partial charge in [0.05, 0.1) is 12.7 Å². The van der Waals surface area contributed by atoms with Gasteiger partial charge >= 0.3 is 17.9 Å². The third kappa shape index (κ3) is 7.78. The lowest BCUT2D eigenvalue weighted by Crippen LogP contribution is -2.41. The lowest BCUT2D eigenvalue weighted by molar-refractivity contribution is -0.164. The zero-order valence-electron chi connectivity index (χ0n) is 13.8. The third-order valence-corrected chi connectivity index (χ3v) is 3.16. The highest BCUT2D eigenvalue weighted by Gasteiger charge is 2.30. The maximum absolute atomic E-state index is 11.3. The molecule has 0 aromatic carbocycles. The standard InChI is InChI=1S/C16H24O7/c1-4-20-16(19)7-5-6-13-8-9-14(22-12(3)18)15(23-13)10-21-11(2)17/h8-9,13-15H,4-7,10H2,1-3H3/t13-,14+,15-/m1/s1. The first kappa shape index (κ1) is 19.2. The number of hydrogen-bond donors (Lipinski definition) is 0. The Balaban J connectivity index is 2.51. The Morgan fingerprint density at radius 1 is 1.09 bits per heavy atom. The SMILES string of the molecule is CCOC(=O)CCC[C@@H]1C=C[C@H](OC(C)=O)[C@@H](COC(C)=O)O1. The Labute approximate surface area is 135 Å². The minimum Gasteiger partial charge on any atom is -0.466 e. The van der Waals surface area contributed by atoms with Crippen molar-refractivity contribution in [3.05, 3.63) is 12.2 Å². The first-order chi connectivity index (χ1) is 10.9. The second-order valence-corrected chi connectivity index (χ2v) is 5.17. The van der Waals surface area contributed by atoms with Gasteiger partial charge < -0.3 is 18.9 Å². The number of esters is 3. The highest BCUT2D eigenvalue weighted by Crippen LogP contribution is 2.20. The molecule has 130 valence electrons. The van der Waals surface area contributed by atoms with Crippen molar-refractivity contribution in [2.75, 3.05) is 13.2 Å². The van der Waals surface area contributed by atoms with E-state index in [9.17, 15) is 14.4 Å². The molecule has 7 nitrogen and oxygen atoms in total. The van der Waals surface area contributed by atoms with Gasteiger partial charge in [0, 0.05) is 20.3 Å². The zero-order chi connectivity index (χ0) is 17.2. The van der Waals surface area contributed by atoms with Crippen LogP contribution in [0.3, 0.4) is 0 Å². The van der Waals surface area contributed by atoms with Crippen molar-refractivity contribution in [3.63, 3.8) is 0 Å². The van der Waals surface area contributed by atoms with Crippen molar-refractivity contribution in [2.24, 2.45) is 0 Å². The van der Waals surface area contributed by atoms with Gasteiger partial charge in [-0.1, -0.05) is 6.08 Å². The normalized spacial score (nSPS) is 23.2. The Morgan fingerprint density at radius 2 is 1.83 bits per heavy atom. The summed E-state index contributed by atoms with van der Waals surface area (Å²) in [4.78, 5) is 33.4. The number of hydrogen-bond acceptors (Lipinski definition) is 7. The van der Waals surface area contributed by atoms with Crippen molar-refractivity contribution < 1.29 is 33.3 Å². The Morgan fingerprint density at radius 3 is 2.43 bits per heavy atom. The van der Waals surface area contributed by atoms with Gasteiger partial charge in [-0.25, -0.2) is 0 Å². The predicted octanol–water partition coefficient (Wildman–Crippen LogP) is 1.54. The van der Waals surface area contributed by atoms with Gasteiger partial charge in [-0.3, -0.25) is 14.4 Å². The van der Waals surface area contributed by atoms with E-state index < -0.39 is 24.1 Å². The summed E-state index contributed by atoms with van der Waals surface area (Å²) in [5.74, 6) is -1.10. The highest BCUT2D eigenvalue weighted by molar-refractivity contribution is 5.69. The molecule has 1 heterocycles. The summed E-state index contributed by atoms with van der Waals surface area (Å²) < 4.78 is 20.8. The topological polar surface area (TPSA) is 88.1 Å². The monoisotopic (exact) mass is 328 g/mol. The summed E-state index contributed by atoms with van der Waals surface area (Å²) in [5, 5.41) is 0. The van der Waals surface area contributed by atoms with Crippen LogP contribution in [0.2, 0.25) is 0 Å². The van der Waals surface area contributed by atoms with Crippen LogP contribution in [-0.4, -0.2) is 49.4 Å². The van der Waals surface area contributed by atoms with Crippen molar-refractivity contribution in [1.29, 1.82) is 0 Å². The Hall–Kier alpha value is -1.89. The van der Waals surface area contributed by atoms with Crippen LogP contribution in [0.4, 0.5) is 0 Å². The first-order valence-electron chi connectivity index (χ1n) is 7.72. The fraction of sp³-hybridized carbons (Fsp3) is 0.688. The van der Waals surface area contributed by atoms with Gasteiger partial charge in [0.25, 0.3) is 0 Å². The Bertz CT molecular complexity index is 444. The second-order valence-electron chi connectivity index (χ2n) is 5.17. The third-order valence-electron chi connectivity index (χ3n) is 3.16. The molecule has 0 radical (unpaired) electrons. The van der Waals surface area contributed by atoms with E-state index in [1.165, 1.54) is 13.8 Å². The molecule has 1 rings (SSSR count). The van der Waals surface area contributed by atoms with Crippen LogP contribution in [0, 0.1) is 0 Å². The molecule has 3 atom stereocenters.